The fourth-order valence-electron chi connectivity index (χ4n) is 1.71. The van der Waals surface area contributed by atoms with Gasteiger partial charge in [0.15, 0.2) is 0 Å². The lowest BCUT2D eigenvalue weighted by atomic mass is 9.95. The van der Waals surface area contributed by atoms with Crippen molar-refractivity contribution in [3.63, 3.8) is 0 Å². The van der Waals surface area contributed by atoms with Crippen LogP contribution >= 0.6 is 11.6 Å². The smallest absolute Gasteiger partial charge is 0.129 e. The molecule has 1 aromatic carbocycles. The van der Waals surface area contributed by atoms with Crippen LogP contribution in [-0.4, -0.2) is 11.2 Å². The maximum absolute atomic E-state index is 13.6. The Morgan fingerprint density at radius 2 is 2.00 bits per heavy atom. The zero-order valence-corrected chi connectivity index (χ0v) is 10.9. The van der Waals surface area contributed by atoms with Crippen molar-refractivity contribution >= 4 is 11.6 Å². The number of benzene rings is 1. The Morgan fingerprint density at radius 1 is 1.35 bits per heavy atom. The van der Waals surface area contributed by atoms with E-state index in [1.54, 1.807) is 6.07 Å². The van der Waals surface area contributed by atoms with Crippen molar-refractivity contribution in [3.05, 3.63) is 34.6 Å². The topological polar surface area (TPSA) is 46.2 Å². The van der Waals surface area contributed by atoms with Crippen LogP contribution < -0.4 is 5.73 Å². The van der Waals surface area contributed by atoms with Gasteiger partial charge < -0.3 is 10.8 Å². The highest BCUT2D eigenvalue weighted by molar-refractivity contribution is 6.31. The quantitative estimate of drug-likeness (QED) is 0.853. The summed E-state index contributed by atoms with van der Waals surface area (Å²) in [5, 5.41) is 10.2. The van der Waals surface area contributed by atoms with Crippen LogP contribution in [0.5, 0.6) is 0 Å². The molecule has 0 aromatic heterocycles. The maximum Gasteiger partial charge on any atom is 0.129 e. The van der Waals surface area contributed by atoms with Gasteiger partial charge in [-0.05, 0) is 30.9 Å². The molecule has 17 heavy (non-hydrogen) atoms. The van der Waals surface area contributed by atoms with E-state index < -0.39 is 18.0 Å². The first kappa shape index (κ1) is 14.4. The highest BCUT2D eigenvalue weighted by Gasteiger charge is 2.22. The Morgan fingerprint density at radius 3 is 2.53 bits per heavy atom. The summed E-state index contributed by atoms with van der Waals surface area (Å²) in [6.45, 7) is 4.13. The minimum Gasteiger partial charge on any atom is -0.391 e. The third-order valence-corrected chi connectivity index (χ3v) is 3.12. The number of aliphatic hydroxyl groups is 1. The molecule has 1 aromatic rings. The Bertz CT molecular complexity index is 350. The van der Waals surface area contributed by atoms with Crippen molar-refractivity contribution < 1.29 is 9.50 Å². The largest absolute Gasteiger partial charge is 0.391 e. The summed E-state index contributed by atoms with van der Waals surface area (Å²) in [5.74, 6) is 0.0153. The molecular weight excluding hydrogens is 241 g/mol. The molecule has 0 fully saturated rings. The molecule has 0 aliphatic heterocycles. The summed E-state index contributed by atoms with van der Waals surface area (Å²) in [5.41, 5.74) is 6.05. The number of rotatable bonds is 5. The predicted molar refractivity (Wildman–Crippen MR) is 68.4 cm³/mol. The van der Waals surface area contributed by atoms with E-state index in [1.165, 1.54) is 12.1 Å². The zero-order chi connectivity index (χ0) is 13.0. The summed E-state index contributed by atoms with van der Waals surface area (Å²) >= 11 is 5.90. The molecule has 0 unspecified atom stereocenters. The molecule has 0 saturated heterocycles. The van der Waals surface area contributed by atoms with E-state index >= 15 is 0 Å². The number of halogens is 2. The highest BCUT2D eigenvalue weighted by atomic mass is 35.5. The molecule has 0 saturated carbocycles. The normalized spacial score (nSPS) is 15.0. The third-order valence-electron chi connectivity index (χ3n) is 2.79. The second-order valence-corrected chi connectivity index (χ2v) is 5.11. The molecule has 2 atom stereocenters. The number of hydrogen-bond donors (Lipinski definition) is 2. The lowest BCUT2D eigenvalue weighted by Gasteiger charge is -2.21. The van der Waals surface area contributed by atoms with Crippen molar-refractivity contribution in [1.29, 1.82) is 0 Å². The summed E-state index contributed by atoms with van der Waals surface area (Å²) in [6, 6.07) is 3.63. The molecule has 3 N–H and O–H groups in total. The first-order valence-electron chi connectivity index (χ1n) is 5.81. The van der Waals surface area contributed by atoms with Crippen LogP contribution in [-0.2, 0) is 0 Å². The molecule has 2 nitrogen and oxygen atoms in total. The van der Waals surface area contributed by atoms with Crippen LogP contribution in [0, 0.1) is 11.7 Å². The van der Waals surface area contributed by atoms with Gasteiger partial charge in [-0.25, -0.2) is 4.39 Å². The highest BCUT2D eigenvalue weighted by Crippen LogP contribution is 2.28. The molecule has 96 valence electrons. The Labute approximate surface area is 107 Å². The van der Waals surface area contributed by atoms with Crippen molar-refractivity contribution in [2.45, 2.75) is 38.8 Å². The Kier molecular flexibility index (Phi) is 5.37. The molecule has 0 amide bonds. The van der Waals surface area contributed by atoms with Gasteiger partial charge in [0, 0.05) is 10.6 Å². The molecule has 1 rings (SSSR count). The number of aliphatic hydroxyl groups excluding tert-OH is 1. The standard InChI is InChI=1S/C13H19ClFNO/c1-8(2)6-7-11(17)13(16)12-9(14)4-3-5-10(12)15/h3-5,8,11,13,17H,6-7,16H2,1-2H3/t11-,13-/m0/s1. The second kappa shape index (κ2) is 6.34. The first-order chi connectivity index (χ1) is 7.93. The minimum atomic E-state index is -0.776. The third kappa shape index (κ3) is 3.95. The molecule has 0 heterocycles. The van der Waals surface area contributed by atoms with E-state index in [9.17, 15) is 9.50 Å². The van der Waals surface area contributed by atoms with Gasteiger partial charge in [-0.1, -0.05) is 31.5 Å². The molecular formula is C13H19ClFNO. The van der Waals surface area contributed by atoms with Crippen molar-refractivity contribution in [2.75, 3.05) is 0 Å². The molecule has 0 spiro atoms. The van der Waals surface area contributed by atoms with Crippen LogP contribution in [0.25, 0.3) is 0 Å². The second-order valence-electron chi connectivity index (χ2n) is 4.70. The maximum atomic E-state index is 13.6. The van der Waals surface area contributed by atoms with Crippen molar-refractivity contribution in [2.24, 2.45) is 11.7 Å². The van der Waals surface area contributed by atoms with E-state index in [2.05, 4.69) is 13.8 Å². The molecule has 0 aliphatic carbocycles. The fraction of sp³-hybridized carbons (Fsp3) is 0.538. The summed E-state index contributed by atoms with van der Waals surface area (Å²) in [6.07, 6.45) is 0.622. The average Bonchev–Trinajstić information content (AvgIpc) is 2.25. The van der Waals surface area contributed by atoms with Gasteiger partial charge in [0.1, 0.15) is 5.82 Å². The van der Waals surface area contributed by atoms with Gasteiger partial charge >= 0.3 is 0 Å². The summed E-state index contributed by atoms with van der Waals surface area (Å²) < 4.78 is 13.6. The Hall–Kier alpha value is -0.640. The van der Waals surface area contributed by atoms with E-state index in [-0.39, 0.29) is 10.6 Å². The van der Waals surface area contributed by atoms with Crippen LogP contribution in [0.1, 0.15) is 38.3 Å². The van der Waals surface area contributed by atoms with Gasteiger partial charge in [-0.2, -0.15) is 0 Å². The minimum absolute atomic E-state index is 0.199. The van der Waals surface area contributed by atoms with Gasteiger partial charge in [0.05, 0.1) is 12.1 Å². The van der Waals surface area contributed by atoms with Crippen LogP contribution in [0.2, 0.25) is 5.02 Å². The van der Waals surface area contributed by atoms with E-state index in [4.69, 9.17) is 17.3 Å². The summed E-state index contributed by atoms with van der Waals surface area (Å²) in [4.78, 5) is 0. The van der Waals surface area contributed by atoms with Crippen molar-refractivity contribution in [3.8, 4) is 0 Å². The number of hydrogen-bond acceptors (Lipinski definition) is 2. The lowest BCUT2D eigenvalue weighted by Crippen LogP contribution is -2.27. The van der Waals surface area contributed by atoms with Gasteiger partial charge in [0.2, 0.25) is 0 Å². The molecule has 0 aliphatic rings. The van der Waals surface area contributed by atoms with Crippen LogP contribution in [0.3, 0.4) is 0 Å². The zero-order valence-electron chi connectivity index (χ0n) is 10.2. The van der Waals surface area contributed by atoms with Gasteiger partial charge in [-0.3, -0.25) is 0 Å². The van der Waals surface area contributed by atoms with Gasteiger partial charge in [-0.15, -0.1) is 0 Å². The number of nitrogens with two attached hydrogens (primary N) is 1. The first-order valence-corrected chi connectivity index (χ1v) is 6.18. The van der Waals surface area contributed by atoms with Crippen molar-refractivity contribution in [1.82, 2.24) is 0 Å². The van der Waals surface area contributed by atoms with Crippen LogP contribution in [0.15, 0.2) is 18.2 Å². The van der Waals surface area contributed by atoms with Crippen LogP contribution in [0.4, 0.5) is 4.39 Å². The summed E-state index contributed by atoms with van der Waals surface area (Å²) in [7, 11) is 0. The Balaban J connectivity index is 2.78. The van der Waals surface area contributed by atoms with E-state index in [1.807, 2.05) is 0 Å². The predicted octanol–water partition coefficient (Wildman–Crippen LogP) is 3.28. The SMILES string of the molecule is CC(C)CC[C@H](O)[C@H](N)c1c(F)cccc1Cl. The molecule has 0 radical (unpaired) electrons. The fourth-order valence-corrected chi connectivity index (χ4v) is 1.99. The van der Waals surface area contributed by atoms with Gasteiger partial charge in [0.25, 0.3) is 0 Å². The molecule has 0 bridgehead atoms. The molecule has 4 heteroatoms. The average molecular weight is 260 g/mol. The van der Waals surface area contributed by atoms with E-state index in [0.29, 0.717) is 12.3 Å². The lowest BCUT2D eigenvalue weighted by molar-refractivity contribution is 0.127. The monoisotopic (exact) mass is 259 g/mol. The van der Waals surface area contributed by atoms with E-state index in [0.717, 1.165) is 6.42 Å².